The summed E-state index contributed by atoms with van der Waals surface area (Å²) in [7, 11) is 0. The number of halogens is 1. The predicted octanol–water partition coefficient (Wildman–Crippen LogP) is 1.84. The van der Waals surface area contributed by atoms with E-state index in [9.17, 15) is 9.90 Å². The van der Waals surface area contributed by atoms with Crippen molar-refractivity contribution in [3.05, 3.63) is 29.3 Å². The topological polar surface area (TPSA) is 49.3 Å². The van der Waals surface area contributed by atoms with Crippen molar-refractivity contribution in [2.75, 3.05) is 11.2 Å². The number of aryl methyl sites for hydroxylation is 1. The highest BCUT2D eigenvalue weighted by atomic mass is 35.5. The molecule has 3 nitrogen and oxygen atoms in total. The first kappa shape index (κ1) is 10.5. The van der Waals surface area contributed by atoms with Crippen LogP contribution in [0, 0.1) is 0 Å². The monoisotopic (exact) mass is 225 g/mol. The van der Waals surface area contributed by atoms with Gasteiger partial charge in [-0.15, -0.1) is 11.6 Å². The predicted molar refractivity (Wildman–Crippen MR) is 59.1 cm³/mol. The molecule has 1 aromatic rings. The maximum atomic E-state index is 11.1. The molecule has 0 radical (unpaired) electrons. The zero-order chi connectivity index (χ0) is 10.8. The van der Waals surface area contributed by atoms with Crippen LogP contribution in [0.15, 0.2) is 18.2 Å². The molecular weight excluding hydrogens is 214 g/mol. The molecule has 0 fully saturated rings. The number of hydrogen-bond donors (Lipinski definition) is 2. The molecule has 1 amide bonds. The molecule has 0 unspecified atom stereocenters. The average Bonchev–Trinajstić information content (AvgIpc) is 2.27. The van der Waals surface area contributed by atoms with Gasteiger partial charge in [0.1, 0.15) is 0 Å². The lowest BCUT2D eigenvalue weighted by Crippen LogP contribution is -2.19. The van der Waals surface area contributed by atoms with Crippen molar-refractivity contribution in [2.45, 2.75) is 18.9 Å². The second-order valence-corrected chi connectivity index (χ2v) is 3.94. The van der Waals surface area contributed by atoms with Gasteiger partial charge in [-0.2, -0.15) is 0 Å². The van der Waals surface area contributed by atoms with E-state index in [1.54, 1.807) is 6.07 Å². The molecule has 1 heterocycles. The van der Waals surface area contributed by atoms with Crippen molar-refractivity contribution in [1.82, 2.24) is 0 Å². The van der Waals surface area contributed by atoms with Gasteiger partial charge < -0.3 is 10.4 Å². The number of carbonyl (C=O) groups excluding carboxylic acids is 1. The number of aliphatic hydroxyl groups excluding tert-OH is 1. The lowest BCUT2D eigenvalue weighted by atomic mass is 9.99. The van der Waals surface area contributed by atoms with Gasteiger partial charge in [0.2, 0.25) is 5.91 Å². The van der Waals surface area contributed by atoms with Crippen molar-refractivity contribution in [3.63, 3.8) is 0 Å². The number of amides is 1. The number of benzene rings is 1. The first-order valence-corrected chi connectivity index (χ1v) is 5.41. The molecule has 1 aliphatic heterocycles. The van der Waals surface area contributed by atoms with Crippen LogP contribution in [0.25, 0.3) is 0 Å². The van der Waals surface area contributed by atoms with Crippen molar-refractivity contribution >= 4 is 23.2 Å². The Balaban J connectivity index is 2.30. The average molecular weight is 226 g/mol. The van der Waals surface area contributed by atoms with Crippen LogP contribution in [0.5, 0.6) is 0 Å². The van der Waals surface area contributed by atoms with Crippen LogP contribution < -0.4 is 5.32 Å². The van der Waals surface area contributed by atoms with Crippen molar-refractivity contribution in [2.24, 2.45) is 0 Å². The maximum absolute atomic E-state index is 11.1. The van der Waals surface area contributed by atoms with Gasteiger partial charge >= 0.3 is 0 Å². The first-order chi connectivity index (χ1) is 7.20. The van der Waals surface area contributed by atoms with Crippen molar-refractivity contribution in [1.29, 1.82) is 0 Å². The fraction of sp³-hybridized carbons (Fsp3) is 0.364. The van der Waals surface area contributed by atoms with E-state index in [-0.39, 0.29) is 11.8 Å². The summed E-state index contributed by atoms with van der Waals surface area (Å²) in [6.45, 7) is 0. The molecule has 0 saturated heterocycles. The van der Waals surface area contributed by atoms with E-state index >= 15 is 0 Å². The molecule has 1 aliphatic rings. The summed E-state index contributed by atoms with van der Waals surface area (Å²) in [6.07, 6.45) is 0.604. The van der Waals surface area contributed by atoms with E-state index in [1.807, 2.05) is 12.1 Å². The first-order valence-electron chi connectivity index (χ1n) is 4.87. The highest BCUT2D eigenvalue weighted by molar-refractivity contribution is 6.18. The molecule has 0 bridgehead atoms. The third-order valence-corrected chi connectivity index (χ3v) is 2.85. The number of hydrogen-bond acceptors (Lipinski definition) is 2. The smallest absolute Gasteiger partial charge is 0.224 e. The second-order valence-electron chi connectivity index (χ2n) is 3.63. The van der Waals surface area contributed by atoms with Gasteiger partial charge in [-0.1, -0.05) is 12.1 Å². The van der Waals surface area contributed by atoms with Crippen LogP contribution in [0.4, 0.5) is 5.69 Å². The molecule has 0 spiro atoms. The van der Waals surface area contributed by atoms with Crippen molar-refractivity contribution in [3.8, 4) is 0 Å². The summed E-state index contributed by atoms with van der Waals surface area (Å²) < 4.78 is 0. The molecule has 4 heteroatoms. The molecule has 1 aromatic carbocycles. The van der Waals surface area contributed by atoms with Crippen LogP contribution >= 0.6 is 11.6 Å². The Morgan fingerprint density at radius 2 is 2.27 bits per heavy atom. The van der Waals surface area contributed by atoms with E-state index in [1.165, 1.54) is 0 Å². The van der Waals surface area contributed by atoms with Gasteiger partial charge in [-0.05, 0) is 23.6 Å². The number of alkyl halides is 1. The number of rotatable bonds is 2. The normalized spacial score (nSPS) is 16.8. The van der Waals surface area contributed by atoms with E-state index < -0.39 is 6.10 Å². The van der Waals surface area contributed by atoms with Crippen molar-refractivity contribution < 1.29 is 9.90 Å². The summed E-state index contributed by atoms with van der Waals surface area (Å²) in [6, 6.07) is 5.51. The molecule has 1 atom stereocenters. The fourth-order valence-corrected chi connectivity index (χ4v) is 1.88. The standard InChI is InChI=1S/C11H12ClNO2/c12-6-10(14)8-1-3-9-7(5-8)2-4-11(15)13-9/h1,3,5,10,14H,2,4,6H2,(H,13,15)/t10-/m1/s1. The summed E-state index contributed by atoms with van der Waals surface area (Å²) >= 11 is 5.57. The van der Waals surface area contributed by atoms with Crippen LogP contribution in [-0.2, 0) is 11.2 Å². The van der Waals surface area contributed by atoms with E-state index in [0.717, 1.165) is 23.2 Å². The fourth-order valence-electron chi connectivity index (χ4n) is 1.70. The molecule has 0 aliphatic carbocycles. The van der Waals surface area contributed by atoms with Gasteiger partial charge in [-0.25, -0.2) is 0 Å². The summed E-state index contributed by atoms with van der Waals surface area (Å²) in [5.74, 6) is 0.235. The Bertz CT molecular complexity index is 392. The largest absolute Gasteiger partial charge is 0.387 e. The van der Waals surface area contributed by atoms with E-state index in [2.05, 4.69) is 5.32 Å². The Labute approximate surface area is 93.1 Å². The highest BCUT2D eigenvalue weighted by Gasteiger charge is 2.16. The Hall–Kier alpha value is -1.06. The minimum Gasteiger partial charge on any atom is -0.387 e. The van der Waals surface area contributed by atoms with Crippen LogP contribution in [0.1, 0.15) is 23.7 Å². The third kappa shape index (κ3) is 2.13. The van der Waals surface area contributed by atoms with Gasteiger partial charge in [0.25, 0.3) is 0 Å². The Morgan fingerprint density at radius 3 is 3.00 bits per heavy atom. The van der Waals surface area contributed by atoms with Gasteiger partial charge in [0.05, 0.1) is 12.0 Å². The molecule has 0 saturated carbocycles. The number of aliphatic hydroxyl groups is 1. The van der Waals surface area contributed by atoms with Crippen LogP contribution in [0.3, 0.4) is 0 Å². The number of fused-ring (bicyclic) bond motifs is 1. The Morgan fingerprint density at radius 1 is 1.47 bits per heavy atom. The van der Waals surface area contributed by atoms with Gasteiger partial charge in [0, 0.05) is 12.1 Å². The number of anilines is 1. The van der Waals surface area contributed by atoms with Crippen LogP contribution in [0.2, 0.25) is 0 Å². The van der Waals surface area contributed by atoms with E-state index in [0.29, 0.717) is 6.42 Å². The maximum Gasteiger partial charge on any atom is 0.224 e. The Kier molecular flexibility index (Phi) is 2.93. The number of carbonyl (C=O) groups is 1. The lowest BCUT2D eigenvalue weighted by molar-refractivity contribution is -0.116. The number of nitrogens with one attached hydrogen (secondary N) is 1. The van der Waals surface area contributed by atoms with Crippen LogP contribution in [-0.4, -0.2) is 16.9 Å². The molecular formula is C11H12ClNO2. The molecule has 2 rings (SSSR count). The van der Waals surface area contributed by atoms with E-state index in [4.69, 9.17) is 11.6 Å². The lowest BCUT2D eigenvalue weighted by Gasteiger charge is -2.18. The minimum absolute atomic E-state index is 0.0492. The summed E-state index contributed by atoms with van der Waals surface area (Å²) in [5, 5.41) is 12.4. The SMILES string of the molecule is O=C1CCc2cc([C@H](O)CCl)ccc2N1. The minimum atomic E-state index is -0.630. The molecule has 0 aromatic heterocycles. The summed E-state index contributed by atoms with van der Waals surface area (Å²) in [5.41, 5.74) is 2.72. The molecule has 80 valence electrons. The molecule has 2 N–H and O–H groups in total. The van der Waals surface area contributed by atoms with Gasteiger partial charge in [-0.3, -0.25) is 4.79 Å². The quantitative estimate of drug-likeness (QED) is 0.755. The zero-order valence-corrected chi connectivity index (χ0v) is 8.92. The highest BCUT2D eigenvalue weighted by Crippen LogP contribution is 2.26. The second kappa shape index (κ2) is 4.21. The molecule has 15 heavy (non-hydrogen) atoms. The zero-order valence-electron chi connectivity index (χ0n) is 8.16. The third-order valence-electron chi connectivity index (χ3n) is 2.56. The summed E-state index contributed by atoms with van der Waals surface area (Å²) in [4.78, 5) is 11.1. The van der Waals surface area contributed by atoms with Gasteiger partial charge in [0.15, 0.2) is 0 Å².